The standard InChI is InChI=1S/C13H10BrFO3S/c1-7-8(4-12(19-7)13(16)17)6-18-11-5-9(14)2-3-10(11)15/h2-5H,6H2,1H3,(H,16,17). The van der Waals surface area contributed by atoms with Crippen molar-refractivity contribution in [1.29, 1.82) is 0 Å². The van der Waals surface area contributed by atoms with Crippen molar-refractivity contribution < 1.29 is 19.0 Å². The van der Waals surface area contributed by atoms with Gasteiger partial charge in [-0.3, -0.25) is 0 Å². The number of hydrogen-bond donors (Lipinski definition) is 1. The Kier molecular flexibility index (Phi) is 4.21. The monoisotopic (exact) mass is 344 g/mol. The van der Waals surface area contributed by atoms with Crippen LogP contribution in [0.4, 0.5) is 4.39 Å². The lowest BCUT2D eigenvalue weighted by molar-refractivity contribution is 0.0702. The van der Waals surface area contributed by atoms with Crippen LogP contribution in [0.15, 0.2) is 28.7 Å². The van der Waals surface area contributed by atoms with E-state index >= 15 is 0 Å². The van der Waals surface area contributed by atoms with Gasteiger partial charge in [0.1, 0.15) is 11.5 Å². The fourth-order valence-corrected chi connectivity index (χ4v) is 2.72. The summed E-state index contributed by atoms with van der Waals surface area (Å²) in [7, 11) is 0. The molecule has 1 aromatic carbocycles. The summed E-state index contributed by atoms with van der Waals surface area (Å²) >= 11 is 4.42. The fourth-order valence-electron chi connectivity index (χ4n) is 1.51. The second-order valence-electron chi connectivity index (χ2n) is 3.86. The minimum Gasteiger partial charge on any atom is -0.486 e. The molecule has 0 aliphatic heterocycles. The normalized spacial score (nSPS) is 10.5. The van der Waals surface area contributed by atoms with Crippen molar-refractivity contribution >= 4 is 33.2 Å². The molecule has 1 heterocycles. The SMILES string of the molecule is Cc1sc(C(=O)O)cc1COc1cc(Br)ccc1F. The predicted octanol–water partition coefficient (Wildman–Crippen LogP) is 4.24. The molecule has 19 heavy (non-hydrogen) atoms. The molecule has 0 radical (unpaired) electrons. The average molecular weight is 345 g/mol. The summed E-state index contributed by atoms with van der Waals surface area (Å²) in [5.41, 5.74) is 0.752. The Morgan fingerprint density at radius 2 is 2.21 bits per heavy atom. The molecule has 3 nitrogen and oxygen atoms in total. The maximum Gasteiger partial charge on any atom is 0.345 e. The number of rotatable bonds is 4. The van der Waals surface area contributed by atoms with Gasteiger partial charge in [-0.15, -0.1) is 11.3 Å². The van der Waals surface area contributed by atoms with E-state index in [9.17, 15) is 9.18 Å². The highest BCUT2D eigenvalue weighted by Gasteiger charge is 2.12. The van der Waals surface area contributed by atoms with Crippen molar-refractivity contribution in [1.82, 2.24) is 0 Å². The van der Waals surface area contributed by atoms with Crippen LogP contribution in [0.1, 0.15) is 20.1 Å². The van der Waals surface area contributed by atoms with Gasteiger partial charge in [-0.05, 0) is 31.2 Å². The molecule has 2 rings (SSSR count). The second-order valence-corrected chi connectivity index (χ2v) is 6.03. The van der Waals surface area contributed by atoms with Crippen LogP contribution in [0.5, 0.6) is 5.75 Å². The first-order valence-corrected chi connectivity index (χ1v) is 6.99. The van der Waals surface area contributed by atoms with E-state index in [1.807, 2.05) is 6.92 Å². The Labute approximate surface area is 121 Å². The number of aryl methyl sites for hydroxylation is 1. The van der Waals surface area contributed by atoms with Gasteiger partial charge in [-0.2, -0.15) is 0 Å². The van der Waals surface area contributed by atoms with Gasteiger partial charge in [0.25, 0.3) is 0 Å². The molecule has 0 spiro atoms. The van der Waals surface area contributed by atoms with Crippen LogP contribution in [0.2, 0.25) is 0 Å². The van der Waals surface area contributed by atoms with Crippen molar-refractivity contribution in [2.24, 2.45) is 0 Å². The van der Waals surface area contributed by atoms with Crippen LogP contribution in [0, 0.1) is 12.7 Å². The van der Waals surface area contributed by atoms with Crippen molar-refractivity contribution in [3.8, 4) is 5.75 Å². The predicted molar refractivity (Wildman–Crippen MR) is 74.4 cm³/mol. The van der Waals surface area contributed by atoms with Crippen molar-refractivity contribution in [3.63, 3.8) is 0 Å². The molecule has 0 fully saturated rings. The largest absolute Gasteiger partial charge is 0.486 e. The molecule has 0 aliphatic carbocycles. The van der Waals surface area contributed by atoms with Crippen LogP contribution < -0.4 is 4.74 Å². The van der Waals surface area contributed by atoms with Gasteiger partial charge >= 0.3 is 5.97 Å². The van der Waals surface area contributed by atoms with Gasteiger partial charge in [0, 0.05) is 14.9 Å². The number of halogens is 2. The molecule has 1 aromatic heterocycles. The van der Waals surface area contributed by atoms with E-state index in [-0.39, 0.29) is 17.2 Å². The Hall–Kier alpha value is -1.40. The highest BCUT2D eigenvalue weighted by atomic mass is 79.9. The minimum atomic E-state index is -0.965. The van der Waals surface area contributed by atoms with Crippen LogP contribution in [-0.2, 0) is 6.61 Å². The van der Waals surface area contributed by atoms with Gasteiger partial charge < -0.3 is 9.84 Å². The third-order valence-electron chi connectivity index (χ3n) is 2.51. The summed E-state index contributed by atoms with van der Waals surface area (Å²) in [6, 6.07) is 5.98. The van der Waals surface area contributed by atoms with Crippen LogP contribution >= 0.6 is 27.3 Å². The molecule has 6 heteroatoms. The van der Waals surface area contributed by atoms with Crippen molar-refractivity contribution in [2.75, 3.05) is 0 Å². The molecule has 0 atom stereocenters. The highest BCUT2D eigenvalue weighted by Crippen LogP contribution is 2.26. The molecule has 0 saturated carbocycles. The van der Waals surface area contributed by atoms with Crippen LogP contribution in [0.25, 0.3) is 0 Å². The number of benzene rings is 1. The Bertz CT molecular complexity index is 624. The van der Waals surface area contributed by atoms with Crippen LogP contribution in [-0.4, -0.2) is 11.1 Å². The van der Waals surface area contributed by atoms with E-state index in [2.05, 4.69) is 15.9 Å². The molecule has 0 saturated heterocycles. The first-order chi connectivity index (χ1) is 8.97. The number of carboxylic acids is 1. The lowest BCUT2D eigenvalue weighted by Gasteiger charge is -2.07. The minimum absolute atomic E-state index is 0.136. The Balaban J connectivity index is 2.14. The zero-order valence-corrected chi connectivity index (χ0v) is 12.3. The summed E-state index contributed by atoms with van der Waals surface area (Å²) in [6.07, 6.45) is 0. The molecule has 0 amide bonds. The Morgan fingerprint density at radius 1 is 1.47 bits per heavy atom. The van der Waals surface area contributed by atoms with E-state index < -0.39 is 11.8 Å². The molecular weight excluding hydrogens is 335 g/mol. The third-order valence-corrected chi connectivity index (χ3v) is 4.08. The molecule has 1 N–H and O–H groups in total. The van der Waals surface area contributed by atoms with Crippen LogP contribution in [0.3, 0.4) is 0 Å². The topological polar surface area (TPSA) is 46.5 Å². The molecule has 0 unspecified atom stereocenters. The molecule has 0 bridgehead atoms. The number of aromatic carboxylic acids is 1. The summed E-state index contributed by atoms with van der Waals surface area (Å²) in [5, 5.41) is 8.89. The summed E-state index contributed by atoms with van der Waals surface area (Å²) in [6.45, 7) is 1.95. The summed E-state index contributed by atoms with van der Waals surface area (Å²) < 4.78 is 19.6. The number of carboxylic acid groups (broad SMARTS) is 1. The first-order valence-electron chi connectivity index (χ1n) is 5.38. The van der Waals surface area contributed by atoms with E-state index in [0.29, 0.717) is 0 Å². The average Bonchev–Trinajstić information content (AvgIpc) is 2.72. The zero-order chi connectivity index (χ0) is 14.0. The molecule has 0 aliphatic rings. The smallest absolute Gasteiger partial charge is 0.345 e. The molecule has 100 valence electrons. The first kappa shape index (κ1) is 14.0. The van der Waals surface area contributed by atoms with Crippen molar-refractivity contribution in [3.05, 3.63) is 49.9 Å². The molecular formula is C13H10BrFO3S. The number of carbonyl (C=O) groups is 1. The lowest BCUT2D eigenvalue weighted by Crippen LogP contribution is -1.98. The quantitative estimate of drug-likeness (QED) is 0.902. The van der Waals surface area contributed by atoms with Gasteiger partial charge in [0.05, 0.1) is 0 Å². The fraction of sp³-hybridized carbons (Fsp3) is 0.154. The second kappa shape index (κ2) is 5.71. The zero-order valence-electron chi connectivity index (χ0n) is 9.94. The van der Waals surface area contributed by atoms with Gasteiger partial charge in [-0.25, -0.2) is 9.18 Å². The number of thiophene rings is 1. The van der Waals surface area contributed by atoms with Crippen molar-refractivity contribution in [2.45, 2.75) is 13.5 Å². The van der Waals surface area contributed by atoms with Gasteiger partial charge in [0.15, 0.2) is 11.6 Å². The number of ether oxygens (including phenoxy) is 1. The van der Waals surface area contributed by atoms with E-state index in [0.717, 1.165) is 14.9 Å². The highest BCUT2D eigenvalue weighted by molar-refractivity contribution is 9.10. The third kappa shape index (κ3) is 3.33. The van der Waals surface area contributed by atoms with E-state index in [1.54, 1.807) is 12.1 Å². The summed E-state index contributed by atoms with van der Waals surface area (Å²) in [5.74, 6) is -1.28. The van der Waals surface area contributed by atoms with E-state index in [1.165, 1.54) is 23.5 Å². The van der Waals surface area contributed by atoms with Gasteiger partial charge in [-0.1, -0.05) is 15.9 Å². The van der Waals surface area contributed by atoms with Gasteiger partial charge in [0.2, 0.25) is 0 Å². The molecule has 2 aromatic rings. The van der Waals surface area contributed by atoms with E-state index in [4.69, 9.17) is 9.84 Å². The Morgan fingerprint density at radius 3 is 2.84 bits per heavy atom. The number of hydrogen-bond acceptors (Lipinski definition) is 3. The maximum absolute atomic E-state index is 13.5. The summed E-state index contributed by atoms with van der Waals surface area (Å²) in [4.78, 5) is 12.0. The maximum atomic E-state index is 13.5. The lowest BCUT2D eigenvalue weighted by atomic mass is 10.2.